The minimum atomic E-state index is -5.05. The van der Waals surface area contributed by atoms with Crippen LogP contribution in [-0.2, 0) is 9.59 Å². The van der Waals surface area contributed by atoms with E-state index in [2.05, 4.69) is 10.3 Å². The lowest BCUT2D eigenvalue weighted by atomic mass is 10.4. The molecule has 0 aromatic carbocycles. The number of rotatable bonds is 3. The van der Waals surface area contributed by atoms with Gasteiger partial charge < -0.3 is 10.6 Å². The molecule has 0 saturated carbocycles. The van der Waals surface area contributed by atoms with Crippen LogP contribution in [0.5, 0.6) is 0 Å². The number of halogens is 4. The lowest BCUT2D eigenvalue weighted by Gasteiger charge is -2.07. The number of pyridine rings is 1. The molecule has 0 radical (unpaired) electrons. The quantitative estimate of drug-likeness (QED) is 0.795. The number of nitrogens with one attached hydrogen (secondary N) is 2. The summed E-state index contributed by atoms with van der Waals surface area (Å²) in [4.78, 5) is 24.9. The summed E-state index contributed by atoms with van der Waals surface area (Å²) in [6, 6.07) is 2.13. The molecule has 18 heavy (non-hydrogen) atoms. The first kappa shape index (κ1) is 13.9. The highest BCUT2D eigenvalue weighted by Crippen LogP contribution is 2.13. The molecule has 0 unspecified atom stereocenters. The third-order valence-electron chi connectivity index (χ3n) is 1.66. The van der Waals surface area contributed by atoms with E-state index in [1.807, 2.05) is 0 Å². The largest absolute Gasteiger partial charge is 0.471 e. The Morgan fingerprint density at radius 3 is 2.44 bits per heavy atom. The lowest BCUT2D eigenvalue weighted by Crippen LogP contribution is -2.41. The number of hydrogen-bond donors (Lipinski definition) is 2. The van der Waals surface area contributed by atoms with Gasteiger partial charge in [-0.2, -0.15) is 13.2 Å². The summed E-state index contributed by atoms with van der Waals surface area (Å²) in [5.74, 6) is -3.79. The molecule has 0 bridgehead atoms. The second kappa shape index (κ2) is 5.43. The molecule has 5 nitrogen and oxygen atoms in total. The Labute approximate surface area is 98.2 Å². The van der Waals surface area contributed by atoms with Crippen LogP contribution < -0.4 is 10.6 Å². The van der Waals surface area contributed by atoms with Crippen LogP contribution in [0.2, 0.25) is 0 Å². The Balaban J connectivity index is 2.43. The van der Waals surface area contributed by atoms with Crippen molar-refractivity contribution in [2.75, 3.05) is 11.9 Å². The van der Waals surface area contributed by atoms with Gasteiger partial charge in [-0.3, -0.25) is 9.59 Å². The number of amides is 2. The van der Waals surface area contributed by atoms with E-state index in [-0.39, 0.29) is 5.82 Å². The molecule has 1 heterocycles. The van der Waals surface area contributed by atoms with Crippen molar-refractivity contribution in [3.63, 3.8) is 0 Å². The van der Waals surface area contributed by atoms with Crippen LogP contribution in [0.1, 0.15) is 0 Å². The summed E-state index contributed by atoms with van der Waals surface area (Å²) < 4.78 is 47.8. The van der Waals surface area contributed by atoms with E-state index in [0.717, 1.165) is 18.3 Å². The number of nitrogens with zero attached hydrogens (tertiary/aromatic N) is 1. The van der Waals surface area contributed by atoms with Crippen molar-refractivity contribution in [3.05, 3.63) is 24.1 Å². The summed E-state index contributed by atoms with van der Waals surface area (Å²) in [6.45, 7) is -0.864. The van der Waals surface area contributed by atoms with Crippen LogP contribution in [0.15, 0.2) is 18.3 Å². The Morgan fingerprint density at radius 1 is 1.28 bits per heavy atom. The number of aromatic nitrogens is 1. The van der Waals surface area contributed by atoms with Gasteiger partial charge in [0.15, 0.2) is 0 Å². The normalized spacial score (nSPS) is 10.9. The van der Waals surface area contributed by atoms with Crippen molar-refractivity contribution < 1.29 is 27.2 Å². The average Bonchev–Trinajstić information content (AvgIpc) is 2.28. The molecule has 98 valence electrons. The van der Waals surface area contributed by atoms with E-state index in [0.29, 0.717) is 0 Å². The van der Waals surface area contributed by atoms with Gasteiger partial charge in [0.2, 0.25) is 5.91 Å². The second-order valence-electron chi connectivity index (χ2n) is 3.09. The van der Waals surface area contributed by atoms with E-state index >= 15 is 0 Å². The van der Waals surface area contributed by atoms with E-state index in [1.165, 1.54) is 5.32 Å². The van der Waals surface area contributed by atoms with Crippen molar-refractivity contribution in [1.29, 1.82) is 0 Å². The maximum Gasteiger partial charge on any atom is 0.471 e. The standard InChI is InChI=1S/C9H7F4N3O2/c10-5-1-2-6(14-3-5)16-7(17)4-15-8(18)9(11,12)13/h1-3H,4H2,(H,15,18)(H,14,16,17). The SMILES string of the molecule is O=C(CNC(=O)C(F)(F)F)Nc1ccc(F)cn1. The Kier molecular flexibility index (Phi) is 4.18. The van der Waals surface area contributed by atoms with Crippen molar-refractivity contribution in [1.82, 2.24) is 10.3 Å². The Bertz CT molecular complexity index is 444. The maximum atomic E-state index is 12.5. The molecular weight excluding hydrogens is 258 g/mol. The predicted octanol–water partition coefficient (Wildman–Crippen LogP) is 0.838. The minimum Gasteiger partial charge on any atom is -0.339 e. The number of alkyl halides is 3. The third-order valence-corrected chi connectivity index (χ3v) is 1.66. The van der Waals surface area contributed by atoms with E-state index < -0.39 is 30.4 Å². The number of anilines is 1. The summed E-state index contributed by atoms with van der Waals surface area (Å²) in [7, 11) is 0. The fourth-order valence-corrected chi connectivity index (χ4v) is 0.898. The molecule has 1 aromatic heterocycles. The molecule has 0 aliphatic carbocycles. The number of carbonyl (C=O) groups excluding carboxylic acids is 2. The van der Waals surface area contributed by atoms with Gasteiger partial charge in [-0.1, -0.05) is 0 Å². The monoisotopic (exact) mass is 265 g/mol. The van der Waals surface area contributed by atoms with Gasteiger partial charge in [0, 0.05) is 0 Å². The van der Waals surface area contributed by atoms with Gasteiger partial charge in [0.1, 0.15) is 11.6 Å². The van der Waals surface area contributed by atoms with Gasteiger partial charge in [-0.05, 0) is 12.1 Å². The maximum absolute atomic E-state index is 12.5. The fraction of sp³-hybridized carbons (Fsp3) is 0.222. The van der Waals surface area contributed by atoms with Gasteiger partial charge in [0.05, 0.1) is 12.7 Å². The molecule has 0 aliphatic rings. The highest BCUT2D eigenvalue weighted by atomic mass is 19.4. The summed E-state index contributed by atoms with van der Waals surface area (Å²) in [5, 5.41) is 3.45. The highest BCUT2D eigenvalue weighted by Gasteiger charge is 2.38. The zero-order chi connectivity index (χ0) is 13.8. The molecule has 0 aliphatic heterocycles. The summed E-state index contributed by atoms with van der Waals surface area (Å²) >= 11 is 0. The van der Waals surface area contributed by atoms with E-state index in [4.69, 9.17) is 0 Å². The summed E-state index contributed by atoms with van der Waals surface area (Å²) in [6.07, 6.45) is -4.22. The molecule has 9 heteroatoms. The van der Waals surface area contributed by atoms with Crippen LogP contribution in [-0.4, -0.2) is 29.5 Å². The molecular formula is C9H7F4N3O2. The smallest absolute Gasteiger partial charge is 0.339 e. The van der Waals surface area contributed by atoms with Crippen molar-refractivity contribution >= 4 is 17.6 Å². The molecule has 1 rings (SSSR count). The van der Waals surface area contributed by atoms with Gasteiger partial charge in [0.25, 0.3) is 0 Å². The predicted molar refractivity (Wildman–Crippen MR) is 51.9 cm³/mol. The van der Waals surface area contributed by atoms with E-state index in [9.17, 15) is 27.2 Å². The fourth-order valence-electron chi connectivity index (χ4n) is 0.898. The zero-order valence-electron chi connectivity index (χ0n) is 8.71. The van der Waals surface area contributed by atoms with Crippen LogP contribution in [0.4, 0.5) is 23.4 Å². The molecule has 0 atom stereocenters. The van der Waals surface area contributed by atoms with Crippen LogP contribution >= 0.6 is 0 Å². The first-order chi connectivity index (χ1) is 8.29. The van der Waals surface area contributed by atoms with Gasteiger partial charge in [-0.25, -0.2) is 9.37 Å². The van der Waals surface area contributed by atoms with Gasteiger partial charge in [-0.15, -0.1) is 0 Å². The molecule has 2 amide bonds. The third kappa shape index (κ3) is 4.36. The first-order valence-electron chi connectivity index (χ1n) is 4.55. The lowest BCUT2D eigenvalue weighted by molar-refractivity contribution is -0.173. The van der Waals surface area contributed by atoms with Crippen LogP contribution in [0, 0.1) is 5.82 Å². The Morgan fingerprint density at radius 2 is 1.94 bits per heavy atom. The zero-order valence-corrected chi connectivity index (χ0v) is 8.71. The highest BCUT2D eigenvalue weighted by molar-refractivity contribution is 5.94. The van der Waals surface area contributed by atoms with Gasteiger partial charge >= 0.3 is 12.1 Å². The topological polar surface area (TPSA) is 71.1 Å². The van der Waals surface area contributed by atoms with Crippen molar-refractivity contribution in [2.24, 2.45) is 0 Å². The summed E-state index contributed by atoms with van der Waals surface area (Å²) in [5.41, 5.74) is 0. The molecule has 0 fully saturated rings. The Hall–Kier alpha value is -2.19. The first-order valence-corrected chi connectivity index (χ1v) is 4.55. The molecule has 1 aromatic rings. The van der Waals surface area contributed by atoms with Crippen molar-refractivity contribution in [2.45, 2.75) is 6.18 Å². The number of carbonyl (C=O) groups is 2. The molecule has 2 N–H and O–H groups in total. The number of hydrogen-bond acceptors (Lipinski definition) is 3. The molecule has 0 saturated heterocycles. The average molecular weight is 265 g/mol. The van der Waals surface area contributed by atoms with Crippen LogP contribution in [0.25, 0.3) is 0 Å². The molecule has 0 spiro atoms. The minimum absolute atomic E-state index is 0.0392. The van der Waals surface area contributed by atoms with E-state index in [1.54, 1.807) is 0 Å². The van der Waals surface area contributed by atoms with Crippen LogP contribution in [0.3, 0.4) is 0 Å². The second-order valence-corrected chi connectivity index (χ2v) is 3.09. The van der Waals surface area contributed by atoms with Crippen molar-refractivity contribution in [3.8, 4) is 0 Å².